The largest absolute Gasteiger partial charge is 0.469 e. The van der Waals surface area contributed by atoms with E-state index in [1.807, 2.05) is 13.0 Å². The van der Waals surface area contributed by atoms with E-state index in [2.05, 4.69) is 34.6 Å². The molecule has 0 aliphatic rings. The molecule has 0 spiro atoms. The molecule has 0 fully saturated rings. The Balaban J connectivity index is 2.67. The van der Waals surface area contributed by atoms with Gasteiger partial charge in [0, 0.05) is 5.56 Å². The maximum Gasteiger partial charge on any atom is 0.108 e. The van der Waals surface area contributed by atoms with Crippen molar-refractivity contribution in [2.75, 3.05) is 0 Å². The third kappa shape index (κ3) is 2.10. The average molecular weight is 258 g/mol. The lowest BCUT2D eigenvalue weighted by Gasteiger charge is -2.22. The maximum absolute atomic E-state index is 10.7. The number of aliphatic hydroxyl groups is 1. The van der Waals surface area contributed by atoms with Crippen molar-refractivity contribution in [3.63, 3.8) is 0 Å². The molecule has 1 N–H and O–H groups in total. The fraction of sp³-hybridized carbons (Fsp3) is 0.412. The summed E-state index contributed by atoms with van der Waals surface area (Å²) in [5.74, 6) is 0.780. The summed E-state index contributed by atoms with van der Waals surface area (Å²) in [7, 11) is 0. The van der Waals surface area contributed by atoms with E-state index in [-0.39, 0.29) is 0 Å². The molecule has 2 heteroatoms. The van der Waals surface area contributed by atoms with Gasteiger partial charge in [0.2, 0.25) is 0 Å². The molecule has 1 aromatic carbocycles. The zero-order valence-corrected chi connectivity index (χ0v) is 12.6. The molecule has 2 aromatic rings. The minimum absolute atomic E-state index is 0.614. The van der Waals surface area contributed by atoms with Gasteiger partial charge in [0.25, 0.3) is 0 Å². The molecule has 1 atom stereocenters. The van der Waals surface area contributed by atoms with Crippen molar-refractivity contribution in [2.24, 2.45) is 0 Å². The number of hydrogen-bond donors (Lipinski definition) is 1. The van der Waals surface area contributed by atoms with Crippen LogP contribution in [0.15, 0.2) is 16.7 Å². The van der Waals surface area contributed by atoms with Crippen molar-refractivity contribution in [3.05, 3.63) is 57.0 Å². The first-order valence-electron chi connectivity index (χ1n) is 6.65. The van der Waals surface area contributed by atoms with Gasteiger partial charge in [-0.3, -0.25) is 0 Å². The van der Waals surface area contributed by atoms with Crippen LogP contribution in [0.5, 0.6) is 0 Å². The van der Waals surface area contributed by atoms with E-state index in [1.54, 1.807) is 6.26 Å². The van der Waals surface area contributed by atoms with Gasteiger partial charge in [0.05, 0.1) is 6.26 Å². The summed E-state index contributed by atoms with van der Waals surface area (Å²) in [5.41, 5.74) is 8.06. The first-order valence-corrected chi connectivity index (χ1v) is 6.65. The topological polar surface area (TPSA) is 33.4 Å². The van der Waals surface area contributed by atoms with Crippen LogP contribution in [0.3, 0.4) is 0 Å². The average Bonchev–Trinajstić information content (AvgIpc) is 2.80. The highest BCUT2D eigenvalue weighted by Crippen LogP contribution is 2.34. The van der Waals surface area contributed by atoms with Crippen LogP contribution in [0, 0.1) is 41.5 Å². The molecular formula is C17H22O2. The van der Waals surface area contributed by atoms with E-state index in [1.165, 1.54) is 27.8 Å². The molecule has 2 nitrogen and oxygen atoms in total. The molecule has 0 bridgehead atoms. The van der Waals surface area contributed by atoms with Crippen molar-refractivity contribution >= 4 is 0 Å². The molecule has 1 aromatic heterocycles. The van der Waals surface area contributed by atoms with E-state index in [0.29, 0.717) is 0 Å². The van der Waals surface area contributed by atoms with Crippen molar-refractivity contribution in [1.29, 1.82) is 0 Å². The number of hydrogen-bond acceptors (Lipinski definition) is 2. The van der Waals surface area contributed by atoms with Gasteiger partial charge in [0.1, 0.15) is 11.9 Å². The Morgan fingerprint density at radius 2 is 1.32 bits per heavy atom. The third-order valence-corrected chi connectivity index (χ3v) is 4.52. The second-order valence-corrected chi connectivity index (χ2v) is 5.37. The molecule has 0 saturated carbocycles. The number of furan rings is 1. The summed E-state index contributed by atoms with van der Waals surface area (Å²) in [4.78, 5) is 0. The zero-order valence-electron chi connectivity index (χ0n) is 12.6. The van der Waals surface area contributed by atoms with E-state index in [9.17, 15) is 5.11 Å². The quantitative estimate of drug-likeness (QED) is 0.875. The second kappa shape index (κ2) is 4.86. The van der Waals surface area contributed by atoms with Crippen LogP contribution in [0.1, 0.15) is 50.8 Å². The van der Waals surface area contributed by atoms with Crippen molar-refractivity contribution in [1.82, 2.24) is 0 Å². The van der Waals surface area contributed by atoms with Gasteiger partial charge >= 0.3 is 0 Å². The molecule has 1 unspecified atom stereocenters. The molecule has 19 heavy (non-hydrogen) atoms. The van der Waals surface area contributed by atoms with Crippen LogP contribution >= 0.6 is 0 Å². The normalized spacial score (nSPS) is 12.8. The zero-order chi connectivity index (χ0) is 14.3. The SMILES string of the molecule is Cc1occc1C(O)c1c(C)c(C)c(C)c(C)c1C. The highest BCUT2D eigenvalue weighted by molar-refractivity contribution is 5.52. The van der Waals surface area contributed by atoms with Crippen molar-refractivity contribution in [3.8, 4) is 0 Å². The van der Waals surface area contributed by atoms with Gasteiger partial charge < -0.3 is 9.52 Å². The summed E-state index contributed by atoms with van der Waals surface area (Å²) >= 11 is 0. The highest BCUT2D eigenvalue weighted by atomic mass is 16.3. The van der Waals surface area contributed by atoms with E-state index in [4.69, 9.17) is 4.42 Å². The Morgan fingerprint density at radius 1 is 0.842 bits per heavy atom. The lowest BCUT2D eigenvalue weighted by atomic mass is 9.85. The molecule has 0 radical (unpaired) electrons. The predicted molar refractivity (Wildman–Crippen MR) is 77.6 cm³/mol. The first-order chi connectivity index (χ1) is 8.86. The Bertz CT molecular complexity index is 591. The van der Waals surface area contributed by atoms with Gasteiger partial charge in [0.15, 0.2) is 0 Å². The molecule has 0 aliphatic heterocycles. The van der Waals surface area contributed by atoms with Crippen LogP contribution < -0.4 is 0 Å². The summed E-state index contributed by atoms with van der Waals surface area (Å²) in [6, 6.07) is 1.85. The summed E-state index contributed by atoms with van der Waals surface area (Å²) < 4.78 is 5.31. The van der Waals surface area contributed by atoms with Crippen LogP contribution in [-0.2, 0) is 0 Å². The number of benzene rings is 1. The van der Waals surface area contributed by atoms with Crippen LogP contribution in [0.4, 0.5) is 0 Å². The Labute approximate surface area is 115 Å². The molecule has 0 aliphatic carbocycles. The minimum Gasteiger partial charge on any atom is -0.469 e. The minimum atomic E-state index is -0.614. The van der Waals surface area contributed by atoms with Crippen molar-refractivity contribution < 1.29 is 9.52 Å². The van der Waals surface area contributed by atoms with Gasteiger partial charge in [-0.15, -0.1) is 0 Å². The standard InChI is InChI=1S/C17H22O2/c1-9-10(2)12(4)16(13(5)11(9)3)17(18)15-7-8-19-14(15)6/h7-8,17-18H,1-6H3. The molecule has 1 heterocycles. The highest BCUT2D eigenvalue weighted by Gasteiger charge is 2.22. The molecule has 2 rings (SSSR count). The van der Waals surface area contributed by atoms with E-state index >= 15 is 0 Å². The van der Waals surface area contributed by atoms with Gasteiger partial charge in [-0.25, -0.2) is 0 Å². The maximum atomic E-state index is 10.7. The lowest BCUT2D eigenvalue weighted by molar-refractivity contribution is 0.216. The summed E-state index contributed by atoms with van der Waals surface area (Å²) in [5, 5.41) is 10.7. The third-order valence-electron chi connectivity index (χ3n) is 4.52. The fourth-order valence-corrected chi connectivity index (χ4v) is 2.77. The monoisotopic (exact) mass is 258 g/mol. The smallest absolute Gasteiger partial charge is 0.108 e. The first kappa shape index (κ1) is 13.9. The predicted octanol–water partition coefficient (Wildman–Crippen LogP) is 4.21. The van der Waals surface area contributed by atoms with E-state index < -0.39 is 6.10 Å². The summed E-state index contributed by atoms with van der Waals surface area (Å²) in [6.07, 6.45) is 1.02. The van der Waals surface area contributed by atoms with Crippen LogP contribution in [-0.4, -0.2) is 5.11 Å². The molecular weight excluding hydrogens is 236 g/mol. The molecule has 102 valence electrons. The Hall–Kier alpha value is -1.54. The second-order valence-electron chi connectivity index (χ2n) is 5.37. The lowest BCUT2D eigenvalue weighted by Crippen LogP contribution is -2.09. The Morgan fingerprint density at radius 3 is 1.74 bits per heavy atom. The number of aryl methyl sites for hydroxylation is 1. The number of rotatable bonds is 2. The van der Waals surface area contributed by atoms with Crippen LogP contribution in [0.25, 0.3) is 0 Å². The molecule has 0 saturated heterocycles. The van der Waals surface area contributed by atoms with E-state index in [0.717, 1.165) is 16.9 Å². The summed E-state index contributed by atoms with van der Waals surface area (Å²) in [6.45, 7) is 12.4. The Kier molecular flexibility index (Phi) is 3.55. The van der Waals surface area contributed by atoms with Gasteiger partial charge in [-0.2, -0.15) is 0 Å². The van der Waals surface area contributed by atoms with Crippen molar-refractivity contribution in [2.45, 2.75) is 47.6 Å². The fourth-order valence-electron chi connectivity index (χ4n) is 2.77. The van der Waals surface area contributed by atoms with Gasteiger partial charge in [-0.1, -0.05) is 0 Å². The van der Waals surface area contributed by atoms with Gasteiger partial charge in [-0.05, 0) is 81.0 Å². The number of aliphatic hydroxyl groups excluding tert-OH is 1. The van der Waals surface area contributed by atoms with Crippen LogP contribution in [0.2, 0.25) is 0 Å². The molecule has 0 amide bonds.